The summed E-state index contributed by atoms with van der Waals surface area (Å²) in [5.74, 6) is 0. The molecule has 0 spiro atoms. The Kier molecular flexibility index (Phi) is 4.78. The maximum absolute atomic E-state index is 13.0. The lowest BCUT2D eigenvalue weighted by Gasteiger charge is -2.22. The summed E-state index contributed by atoms with van der Waals surface area (Å²) in [6, 6.07) is 9.56. The number of pyridine rings is 1. The molecule has 3 aromatic rings. The van der Waals surface area contributed by atoms with Crippen LogP contribution in [0.15, 0.2) is 39.5 Å². The Morgan fingerprint density at radius 2 is 2.08 bits per heavy atom. The lowest BCUT2D eigenvalue weighted by molar-refractivity contribution is 0.224. The van der Waals surface area contributed by atoms with Gasteiger partial charge in [0.25, 0.3) is 5.56 Å². The van der Waals surface area contributed by atoms with Crippen molar-refractivity contribution in [3.05, 3.63) is 57.5 Å². The quantitative estimate of drug-likeness (QED) is 0.665. The number of fused-ring (bicyclic) bond motifs is 2. The topological polar surface area (TPSA) is 57.3 Å². The van der Waals surface area contributed by atoms with Crippen LogP contribution >= 0.6 is 0 Å². The zero-order valence-electron chi connectivity index (χ0n) is 15.2. The average molecular weight is 352 g/mol. The van der Waals surface area contributed by atoms with Gasteiger partial charge in [-0.25, -0.2) is 0 Å². The Labute approximate surface area is 152 Å². The van der Waals surface area contributed by atoms with Crippen LogP contribution in [0.5, 0.6) is 6.08 Å². The summed E-state index contributed by atoms with van der Waals surface area (Å²) in [7, 11) is 0. The Balaban J connectivity index is 1.62. The minimum absolute atomic E-state index is 0.0650. The van der Waals surface area contributed by atoms with E-state index >= 15 is 0 Å². The average Bonchev–Trinajstić information content (AvgIpc) is 3.09. The number of oxazole rings is 1. The van der Waals surface area contributed by atoms with Gasteiger partial charge in [-0.05, 0) is 55.9 Å². The second-order valence-corrected chi connectivity index (χ2v) is 6.90. The first-order valence-corrected chi connectivity index (χ1v) is 9.49. The molecule has 4 rings (SSSR count). The summed E-state index contributed by atoms with van der Waals surface area (Å²) in [6.45, 7) is 3.12. The highest BCUT2D eigenvalue weighted by Gasteiger charge is 2.18. The van der Waals surface area contributed by atoms with Crippen LogP contribution in [-0.4, -0.2) is 9.55 Å². The van der Waals surface area contributed by atoms with E-state index in [0.717, 1.165) is 44.2 Å². The molecule has 0 saturated carbocycles. The van der Waals surface area contributed by atoms with Crippen LogP contribution in [0.4, 0.5) is 0 Å². The molecule has 1 aromatic carbocycles. The van der Waals surface area contributed by atoms with Gasteiger partial charge < -0.3 is 13.7 Å². The Bertz CT molecular complexity index is 938. The molecule has 0 fully saturated rings. The fourth-order valence-corrected chi connectivity index (χ4v) is 3.65. The van der Waals surface area contributed by atoms with Crippen molar-refractivity contribution in [3.8, 4) is 6.08 Å². The summed E-state index contributed by atoms with van der Waals surface area (Å²) in [6.07, 6.45) is 6.69. The Hall–Kier alpha value is -2.56. The second-order valence-electron chi connectivity index (χ2n) is 6.90. The van der Waals surface area contributed by atoms with Gasteiger partial charge in [0.2, 0.25) is 0 Å². The van der Waals surface area contributed by atoms with Gasteiger partial charge in [0, 0.05) is 12.2 Å². The third kappa shape index (κ3) is 3.26. The third-order valence-corrected chi connectivity index (χ3v) is 5.04. The minimum atomic E-state index is 0.0650. The number of hydrogen-bond acceptors (Lipinski definition) is 4. The molecule has 0 radical (unpaired) electrons. The first-order chi connectivity index (χ1) is 12.8. The van der Waals surface area contributed by atoms with Gasteiger partial charge >= 0.3 is 6.08 Å². The third-order valence-electron chi connectivity index (χ3n) is 5.04. The first-order valence-electron chi connectivity index (χ1n) is 9.49. The smallest absolute Gasteiger partial charge is 0.394 e. The Morgan fingerprint density at radius 1 is 1.23 bits per heavy atom. The maximum atomic E-state index is 13.0. The van der Waals surface area contributed by atoms with Gasteiger partial charge in [-0.2, -0.15) is 4.98 Å². The highest BCUT2D eigenvalue weighted by Crippen LogP contribution is 2.23. The molecule has 0 saturated heterocycles. The minimum Gasteiger partial charge on any atom is -0.445 e. The summed E-state index contributed by atoms with van der Waals surface area (Å²) in [4.78, 5) is 17.3. The molecular weight excluding hydrogens is 328 g/mol. The molecular formula is C21H24N2O3. The number of para-hydroxylation sites is 2. The molecule has 0 aliphatic heterocycles. The van der Waals surface area contributed by atoms with Gasteiger partial charge in [-0.3, -0.25) is 4.79 Å². The Morgan fingerprint density at radius 3 is 2.92 bits per heavy atom. The number of unbranched alkanes of at least 4 members (excludes halogenated alkanes) is 1. The highest BCUT2D eigenvalue weighted by atomic mass is 16.6. The largest absolute Gasteiger partial charge is 0.445 e. The van der Waals surface area contributed by atoms with Crippen LogP contribution < -0.4 is 10.3 Å². The van der Waals surface area contributed by atoms with Crippen molar-refractivity contribution < 1.29 is 9.15 Å². The summed E-state index contributed by atoms with van der Waals surface area (Å²) < 4.78 is 13.3. The van der Waals surface area contributed by atoms with Crippen molar-refractivity contribution in [3.63, 3.8) is 0 Å². The van der Waals surface area contributed by atoms with Crippen LogP contribution in [0.2, 0.25) is 0 Å². The van der Waals surface area contributed by atoms with E-state index in [9.17, 15) is 4.79 Å². The molecule has 0 bridgehead atoms. The fourth-order valence-electron chi connectivity index (χ4n) is 3.65. The number of benzene rings is 1. The molecule has 2 aromatic heterocycles. The van der Waals surface area contributed by atoms with Gasteiger partial charge in [-0.15, -0.1) is 0 Å². The fraction of sp³-hybridized carbons (Fsp3) is 0.429. The predicted octanol–water partition coefficient (Wildman–Crippen LogP) is 4.25. The molecule has 1 aliphatic carbocycles. The van der Waals surface area contributed by atoms with E-state index in [1.165, 1.54) is 17.7 Å². The SMILES string of the molecule is CCCCn1c2c(cc(COc3nc4ccccc4o3)c1=O)CCCC2. The van der Waals surface area contributed by atoms with Crippen LogP contribution in [-0.2, 0) is 26.0 Å². The highest BCUT2D eigenvalue weighted by molar-refractivity contribution is 5.72. The molecule has 1 aliphatic rings. The summed E-state index contributed by atoms with van der Waals surface area (Å²) in [5.41, 5.74) is 4.71. The molecule has 0 N–H and O–H groups in total. The van der Waals surface area contributed by atoms with Gasteiger partial charge in [-0.1, -0.05) is 25.5 Å². The van der Waals surface area contributed by atoms with Crippen molar-refractivity contribution in [2.75, 3.05) is 0 Å². The number of hydrogen-bond donors (Lipinski definition) is 0. The normalized spacial score (nSPS) is 13.7. The number of ether oxygens (including phenoxy) is 1. The summed E-state index contributed by atoms with van der Waals surface area (Å²) >= 11 is 0. The first kappa shape index (κ1) is 16.9. The standard InChI is InChI=1S/C21H24N2O3/c1-2-3-12-23-18-10-6-4-8-15(18)13-16(20(23)24)14-25-21-22-17-9-5-7-11-19(17)26-21/h5,7,9,11,13H,2-4,6,8,10,12,14H2,1H3. The van der Waals surface area contributed by atoms with Crippen molar-refractivity contribution in [2.24, 2.45) is 0 Å². The van der Waals surface area contributed by atoms with Crippen LogP contribution in [0.1, 0.15) is 49.4 Å². The molecule has 0 unspecified atom stereocenters. The van der Waals surface area contributed by atoms with Crippen molar-refractivity contribution in [1.29, 1.82) is 0 Å². The monoisotopic (exact) mass is 352 g/mol. The van der Waals surface area contributed by atoms with Crippen molar-refractivity contribution in [2.45, 2.75) is 58.6 Å². The van der Waals surface area contributed by atoms with Crippen molar-refractivity contribution in [1.82, 2.24) is 9.55 Å². The van der Waals surface area contributed by atoms with E-state index in [0.29, 0.717) is 11.1 Å². The van der Waals surface area contributed by atoms with Crippen LogP contribution in [0.3, 0.4) is 0 Å². The van der Waals surface area contributed by atoms with E-state index in [1.54, 1.807) is 0 Å². The van der Waals surface area contributed by atoms with Gasteiger partial charge in [0.1, 0.15) is 12.1 Å². The lowest BCUT2D eigenvalue weighted by Crippen LogP contribution is -2.30. The van der Waals surface area contributed by atoms with E-state index < -0.39 is 0 Å². The maximum Gasteiger partial charge on any atom is 0.394 e. The lowest BCUT2D eigenvalue weighted by atomic mass is 9.94. The van der Waals surface area contributed by atoms with Crippen LogP contribution in [0.25, 0.3) is 11.1 Å². The molecule has 5 heteroatoms. The number of nitrogens with zero attached hydrogens (tertiary/aromatic N) is 2. The molecule has 0 atom stereocenters. The number of aromatic nitrogens is 2. The van der Waals surface area contributed by atoms with Crippen molar-refractivity contribution >= 4 is 11.1 Å². The molecule has 0 amide bonds. The van der Waals surface area contributed by atoms with E-state index in [1.807, 2.05) is 34.9 Å². The van der Waals surface area contributed by atoms with Gasteiger partial charge in [0.15, 0.2) is 5.58 Å². The zero-order chi connectivity index (χ0) is 17.9. The van der Waals surface area contributed by atoms with E-state index in [-0.39, 0.29) is 18.2 Å². The number of rotatable bonds is 6. The van der Waals surface area contributed by atoms with E-state index in [4.69, 9.17) is 9.15 Å². The molecule has 136 valence electrons. The molecule has 2 heterocycles. The number of aryl methyl sites for hydroxylation is 1. The predicted molar refractivity (Wildman–Crippen MR) is 101 cm³/mol. The zero-order valence-corrected chi connectivity index (χ0v) is 15.2. The van der Waals surface area contributed by atoms with E-state index in [2.05, 4.69) is 11.9 Å². The summed E-state index contributed by atoms with van der Waals surface area (Å²) in [5, 5.41) is 0. The molecule has 26 heavy (non-hydrogen) atoms. The van der Waals surface area contributed by atoms with Crippen LogP contribution in [0, 0.1) is 0 Å². The van der Waals surface area contributed by atoms with Gasteiger partial charge in [0.05, 0.1) is 5.56 Å². The second kappa shape index (κ2) is 7.36. The molecule has 5 nitrogen and oxygen atoms in total.